The van der Waals surface area contributed by atoms with Crippen molar-refractivity contribution in [2.24, 2.45) is 22.9 Å². The van der Waals surface area contributed by atoms with Crippen LogP contribution in [-0.4, -0.2) is 24.9 Å². The standard InChI is InChI=1S/C7H18N2.2C5H9NO/c8-6-4-2-1-3-5-7-9;2*1-2-3-4-5(6)7/h1-9H2;2*3-4H,2H2,1H3,(H2,6,7). The Morgan fingerprint density at radius 2 is 1.00 bits per heavy atom. The van der Waals surface area contributed by atoms with Crippen LogP contribution in [0.2, 0.25) is 0 Å². The molecule has 0 atom stereocenters. The van der Waals surface area contributed by atoms with Gasteiger partial charge in [-0.15, -0.1) is 0 Å². The van der Waals surface area contributed by atoms with Gasteiger partial charge in [-0.25, -0.2) is 0 Å². The molecule has 136 valence electrons. The van der Waals surface area contributed by atoms with E-state index in [1.807, 2.05) is 13.8 Å². The first kappa shape index (κ1) is 26.2. The van der Waals surface area contributed by atoms with Crippen molar-refractivity contribution < 1.29 is 9.59 Å². The average Bonchev–Trinajstić information content (AvgIpc) is 2.52. The largest absolute Gasteiger partial charge is 0.366 e. The summed E-state index contributed by atoms with van der Waals surface area (Å²) in [6.07, 6.45) is 14.1. The Labute approximate surface area is 141 Å². The molecule has 6 nitrogen and oxygen atoms in total. The van der Waals surface area contributed by atoms with E-state index in [9.17, 15) is 9.59 Å². The van der Waals surface area contributed by atoms with Gasteiger partial charge in [0.25, 0.3) is 0 Å². The first-order chi connectivity index (χ1) is 11.0. The Kier molecular flexibility index (Phi) is 28.9. The van der Waals surface area contributed by atoms with Crippen molar-refractivity contribution in [3.8, 4) is 0 Å². The monoisotopic (exact) mass is 328 g/mol. The highest BCUT2D eigenvalue weighted by Gasteiger charge is 1.86. The van der Waals surface area contributed by atoms with Crippen molar-refractivity contribution in [2.45, 2.75) is 58.8 Å². The van der Waals surface area contributed by atoms with Gasteiger partial charge in [0.2, 0.25) is 11.8 Å². The fourth-order valence-corrected chi connectivity index (χ4v) is 1.29. The number of hydrogen-bond acceptors (Lipinski definition) is 4. The van der Waals surface area contributed by atoms with Gasteiger partial charge >= 0.3 is 0 Å². The molecule has 0 saturated heterocycles. The second-order valence-corrected chi connectivity index (χ2v) is 4.77. The predicted octanol–water partition coefficient (Wildman–Crippen LogP) is 1.73. The maximum Gasteiger partial charge on any atom is 0.241 e. The normalized spacial score (nSPS) is 9.91. The van der Waals surface area contributed by atoms with Gasteiger partial charge in [0.15, 0.2) is 0 Å². The van der Waals surface area contributed by atoms with E-state index in [0.29, 0.717) is 0 Å². The lowest BCUT2D eigenvalue weighted by Gasteiger charge is -1.96. The molecule has 0 bridgehead atoms. The molecule has 0 heterocycles. The summed E-state index contributed by atoms with van der Waals surface area (Å²) >= 11 is 0. The van der Waals surface area contributed by atoms with Crippen molar-refractivity contribution in [3.63, 3.8) is 0 Å². The maximum atomic E-state index is 9.89. The summed E-state index contributed by atoms with van der Waals surface area (Å²) in [6, 6.07) is 0. The molecular weight excluding hydrogens is 292 g/mol. The van der Waals surface area contributed by atoms with Gasteiger partial charge < -0.3 is 22.9 Å². The molecule has 0 aromatic rings. The molecule has 0 saturated carbocycles. The summed E-state index contributed by atoms with van der Waals surface area (Å²) in [4.78, 5) is 19.8. The van der Waals surface area contributed by atoms with Gasteiger partial charge in [-0.1, -0.05) is 45.3 Å². The molecule has 6 heteroatoms. The fraction of sp³-hybridized carbons (Fsp3) is 0.647. The molecule has 0 unspecified atom stereocenters. The molecule has 8 N–H and O–H groups in total. The summed E-state index contributed by atoms with van der Waals surface area (Å²) < 4.78 is 0. The molecule has 0 radical (unpaired) electrons. The second kappa shape index (κ2) is 25.3. The number of primary amides is 2. The van der Waals surface area contributed by atoms with Crippen molar-refractivity contribution in [2.75, 3.05) is 13.1 Å². The Morgan fingerprint density at radius 3 is 1.17 bits per heavy atom. The zero-order valence-electron chi connectivity index (χ0n) is 14.8. The third kappa shape index (κ3) is 44.9. The second-order valence-electron chi connectivity index (χ2n) is 4.77. The number of unbranched alkanes of at least 4 members (excludes halogenated alkanes) is 4. The molecule has 0 aromatic heterocycles. The third-order valence-corrected chi connectivity index (χ3v) is 2.44. The third-order valence-electron chi connectivity index (χ3n) is 2.44. The Hall–Kier alpha value is -1.66. The van der Waals surface area contributed by atoms with Crippen molar-refractivity contribution >= 4 is 11.8 Å². The molecule has 0 aliphatic heterocycles. The molecule has 0 spiro atoms. The van der Waals surface area contributed by atoms with Crippen LogP contribution in [0.15, 0.2) is 24.3 Å². The van der Waals surface area contributed by atoms with Gasteiger partial charge in [-0.2, -0.15) is 0 Å². The minimum atomic E-state index is -0.373. The van der Waals surface area contributed by atoms with Gasteiger partial charge in [0.1, 0.15) is 0 Å². The number of rotatable bonds is 10. The SMILES string of the molecule is CCC=CC(N)=O.CCC=CC(N)=O.NCCCCCCCN. The van der Waals surface area contributed by atoms with E-state index < -0.39 is 0 Å². The number of allylic oxidation sites excluding steroid dienone is 2. The number of amides is 2. The molecule has 0 rings (SSSR count). The number of carbonyl (C=O) groups is 2. The van der Waals surface area contributed by atoms with Crippen LogP contribution in [0.3, 0.4) is 0 Å². The fourth-order valence-electron chi connectivity index (χ4n) is 1.29. The smallest absolute Gasteiger partial charge is 0.241 e. The molecule has 0 aromatic carbocycles. The Bertz CT molecular complexity index is 286. The molecule has 0 fully saturated rings. The average molecular weight is 329 g/mol. The van der Waals surface area contributed by atoms with E-state index >= 15 is 0 Å². The van der Waals surface area contributed by atoms with Gasteiger partial charge in [-0.05, 0) is 50.9 Å². The molecular formula is C17H36N4O2. The van der Waals surface area contributed by atoms with Gasteiger partial charge in [0.05, 0.1) is 0 Å². The lowest BCUT2D eigenvalue weighted by molar-refractivity contribution is -0.114. The van der Waals surface area contributed by atoms with Crippen LogP contribution in [-0.2, 0) is 9.59 Å². The van der Waals surface area contributed by atoms with Crippen molar-refractivity contribution in [1.29, 1.82) is 0 Å². The molecule has 23 heavy (non-hydrogen) atoms. The van der Waals surface area contributed by atoms with Gasteiger partial charge in [-0.3, -0.25) is 9.59 Å². The quantitative estimate of drug-likeness (QED) is 0.358. The minimum absolute atomic E-state index is 0.373. The molecule has 0 aliphatic rings. The van der Waals surface area contributed by atoms with E-state index in [1.54, 1.807) is 12.2 Å². The van der Waals surface area contributed by atoms with E-state index in [2.05, 4.69) is 0 Å². The van der Waals surface area contributed by atoms with Crippen molar-refractivity contribution in [1.82, 2.24) is 0 Å². The number of nitrogens with two attached hydrogens (primary N) is 4. The summed E-state index contributed by atoms with van der Waals surface area (Å²) in [6.45, 7) is 5.56. The van der Waals surface area contributed by atoms with Crippen molar-refractivity contribution in [3.05, 3.63) is 24.3 Å². The Morgan fingerprint density at radius 1 is 0.696 bits per heavy atom. The summed E-state index contributed by atoms with van der Waals surface area (Å²) in [7, 11) is 0. The highest BCUT2D eigenvalue weighted by Crippen LogP contribution is 2.00. The van der Waals surface area contributed by atoms with E-state index in [0.717, 1.165) is 25.9 Å². The lowest BCUT2D eigenvalue weighted by Crippen LogP contribution is -2.04. The first-order valence-corrected chi connectivity index (χ1v) is 8.28. The first-order valence-electron chi connectivity index (χ1n) is 8.28. The van der Waals surface area contributed by atoms with E-state index in [-0.39, 0.29) is 11.8 Å². The number of hydrogen-bond donors (Lipinski definition) is 4. The van der Waals surface area contributed by atoms with Crippen LogP contribution in [0.25, 0.3) is 0 Å². The predicted molar refractivity (Wildman–Crippen MR) is 98.4 cm³/mol. The van der Waals surface area contributed by atoms with Crippen LogP contribution >= 0.6 is 0 Å². The highest BCUT2D eigenvalue weighted by molar-refractivity contribution is 5.85. The Balaban J connectivity index is -0.000000264. The van der Waals surface area contributed by atoms with Crippen LogP contribution in [0.5, 0.6) is 0 Å². The molecule has 2 amide bonds. The van der Waals surface area contributed by atoms with Crippen LogP contribution in [0.4, 0.5) is 0 Å². The van der Waals surface area contributed by atoms with E-state index in [1.165, 1.54) is 44.3 Å². The minimum Gasteiger partial charge on any atom is -0.366 e. The van der Waals surface area contributed by atoms with Crippen LogP contribution in [0, 0.1) is 0 Å². The van der Waals surface area contributed by atoms with E-state index in [4.69, 9.17) is 22.9 Å². The summed E-state index contributed by atoms with van der Waals surface area (Å²) in [5, 5.41) is 0. The van der Waals surface area contributed by atoms with Crippen LogP contribution in [0.1, 0.15) is 58.8 Å². The summed E-state index contributed by atoms with van der Waals surface area (Å²) in [5.41, 5.74) is 20.1. The highest BCUT2D eigenvalue weighted by atomic mass is 16.1. The van der Waals surface area contributed by atoms with Gasteiger partial charge in [0, 0.05) is 0 Å². The topological polar surface area (TPSA) is 138 Å². The van der Waals surface area contributed by atoms with Crippen LogP contribution < -0.4 is 22.9 Å². The lowest BCUT2D eigenvalue weighted by atomic mass is 10.1. The number of carbonyl (C=O) groups excluding carboxylic acids is 2. The zero-order chi connectivity index (χ0) is 18.3. The molecule has 0 aliphatic carbocycles. The summed E-state index contributed by atoms with van der Waals surface area (Å²) in [5.74, 6) is -0.747. The maximum absolute atomic E-state index is 9.89. The zero-order valence-corrected chi connectivity index (χ0v) is 14.8.